The predicted molar refractivity (Wildman–Crippen MR) is 72.3 cm³/mol. The lowest BCUT2D eigenvalue weighted by atomic mass is 10.0. The van der Waals surface area contributed by atoms with Crippen molar-refractivity contribution in [3.05, 3.63) is 70.2 Å². The molecule has 0 saturated carbocycles. The van der Waals surface area contributed by atoms with Crippen LogP contribution in [0.1, 0.15) is 21.5 Å². The Morgan fingerprint density at radius 1 is 1.00 bits per heavy atom. The maximum absolute atomic E-state index is 11.0. The first-order chi connectivity index (χ1) is 8.66. The van der Waals surface area contributed by atoms with Crippen molar-refractivity contribution in [2.45, 2.75) is 12.8 Å². The van der Waals surface area contributed by atoms with E-state index in [-0.39, 0.29) is 10.6 Å². The van der Waals surface area contributed by atoms with Crippen molar-refractivity contribution >= 4 is 17.6 Å². The summed E-state index contributed by atoms with van der Waals surface area (Å²) in [6.45, 7) is 0. The number of aromatic carboxylic acids is 1. The zero-order chi connectivity index (χ0) is 13.0. The van der Waals surface area contributed by atoms with Crippen molar-refractivity contribution < 1.29 is 9.90 Å². The molecule has 2 nitrogen and oxygen atoms in total. The molecule has 0 aliphatic heterocycles. The van der Waals surface area contributed by atoms with Gasteiger partial charge in [0, 0.05) is 0 Å². The van der Waals surface area contributed by atoms with E-state index in [1.165, 1.54) is 5.56 Å². The molecule has 0 fully saturated rings. The Kier molecular flexibility index (Phi) is 4.00. The van der Waals surface area contributed by atoms with Crippen LogP contribution in [-0.2, 0) is 12.8 Å². The Balaban J connectivity index is 2.11. The van der Waals surface area contributed by atoms with E-state index in [0.717, 1.165) is 18.4 Å². The van der Waals surface area contributed by atoms with Gasteiger partial charge in [-0.05, 0) is 36.1 Å². The molecule has 0 aliphatic rings. The molecule has 0 amide bonds. The topological polar surface area (TPSA) is 37.3 Å². The highest BCUT2D eigenvalue weighted by molar-refractivity contribution is 6.33. The molecule has 0 spiro atoms. The average Bonchev–Trinajstić information content (AvgIpc) is 2.38. The summed E-state index contributed by atoms with van der Waals surface area (Å²) in [5, 5.41) is 9.27. The lowest BCUT2D eigenvalue weighted by Crippen LogP contribution is -2.00. The third-order valence-electron chi connectivity index (χ3n) is 2.81. The molecule has 0 radical (unpaired) electrons. The number of carbonyl (C=O) groups is 1. The van der Waals surface area contributed by atoms with Crippen LogP contribution < -0.4 is 0 Å². The Hall–Kier alpha value is -1.80. The van der Waals surface area contributed by atoms with Gasteiger partial charge in [0.1, 0.15) is 0 Å². The number of hydrogen-bond acceptors (Lipinski definition) is 1. The standard InChI is InChI=1S/C15H13ClO2/c16-14-9-8-12(10-13(14)15(17)18)7-6-11-4-2-1-3-5-11/h1-5,8-10H,6-7H2,(H,17,18). The third kappa shape index (κ3) is 3.11. The van der Waals surface area contributed by atoms with Crippen molar-refractivity contribution in [1.82, 2.24) is 0 Å². The molecule has 0 aliphatic carbocycles. The normalized spacial score (nSPS) is 10.3. The van der Waals surface area contributed by atoms with Gasteiger partial charge in [-0.1, -0.05) is 48.0 Å². The number of carboxylic acid groups (broad SMARTS) is 1. The lowest BCUT2D eigenvalue weighted by molar-refractivity contribution is 0.0697. The second-order valence-corrected chi connectivity index (χ2v) is 4.51. The molecular formula is C15H13ClO2. The first-order valence-electron chi connectivity index (χ1n) is 5.72. The summed E-state index contributed by atoms with van der Waals surface area (Å²) in [6, 6.07) is 15.3. The van der Waals surface area contributed by atoms with E-state index in [2.05, 4.69) is 12.1 Å². The Labute approximate surface area is 111 Å². The minimum Gasteiger partial charge on any atom is -0.478 e. The molecule has 92 valence electrons. The molecule has 2 aromatic carbocycles. The molecule has 18 heavy (non-hydrogen) atoms. The van der Waals surface area contributed by atoms with Crippen molar-refractivity contribution in [1.29, 1.82) is 0 Å². The molecule has 0 unspecified atom stereocenters. The van der Waals surface area contributed by atoms with Gasteiger partial charge in [0.25, 0.3) is 0 Å². The highest BCUT2D eigenvalue weighted by atomic mass is 35.5. The van der Waals surface area contributed by atoms with Crippen LogP contribution in [0.3, 0.4) is 0 Å². The van der Waals surface area contributed by atoms with E-state index in [4.69, 9.17) is 16.7 Å². The predicted octanol–water partition coefficient (Wildman–Crippen LogP) is 3.82. The van der Waals surface area contributed by atoms with Crippen LogP contribution in [0.2, 0.25) is 5.02 Å². The lowest BCUT2D eigenvalue weighted by Gasteiger charge is -2.05. The van der Waals surface area contributed by atoms with Gasteiger partial charge in [-0.3, -0.25) is 0 Å². The molecule has 0 heterocycles. The van der Waals surface area contributed by atoms with Crippen molar-refractivity contribution in [3.63, 3.8) is 0 Å². The van der Waals surface area contributed by atoms with Gasteiger partial charge in [-0.25, -0.2) is 4.79 Å². The minimum absolute atomic E-state index is 0.169. The van der Waals surface area contributed by atoms with E-state index in [1.54, 1.807) is 12.1 Å². The first-order valence-corrected chi connectivity index (χ1v) is 6.10. The molecule has 2 rings (SSSR count). The highest BCUT2D eigenvalue weighted by Gasteiger charge is 2.09. The van der Waals surface area contributed by atoms with E-state index in [9.17, 15) is 4.79 Å². The molecule has 0 saturated heterocycles. The van der Waals surface area contributed by atoms with Gasteiger partial charge in [-0.15, -0.1) is 0 Å². The summed E-state index contributed by atoms with van der Waals surface area (Å²) < 4.78 is 0. The number of aryl methyl sites for hydroxylation is 2. The Morgan fingerprint density at radius 2 is 1.67 bits per heavy atom. The van der Waals surface area contributed by atoms with Crippen molar-refractivity contribution in [3.8, 4) is 0 Å². The summed E-state index contributed by atoms with van der Waals surface area (Å²) in [6.07, 6.45) is 1.70. The fourth-order valence-corrected chi connectivity index (χ4v) is 2.02. The van der Waals surface area contributed by atoms with E-state index in [1.807, 2.05) is 24.3 Å². The van der Waals surface area contributed by atoms with E-state index < -0.39 is 5.97 Å². The van der Waals surface area contributed by atoms with Crippen LogP contribution in [-0.4, -0.2) is 11.1 Å². The molecule has 0 bridgehead atoms. The molecule has 0 atom stereocenters. The molecule has 2 aromatic rings. The van der Waals surface area contributed by atoms with Gasteiger partial charge < -0.3 is 5.11 Å². The number of carboxylic acids is 1. The van der Waals surface area contributed by atoms with Gasteiger partial charge >= 0.3 is 5.97 Å². The number of benzene rings is 2. The third-order valence-corrected chi connectivity index (χ3v) is 3.14. The van der Waals surface area contributed by atoms with Crippen LogP contribution in [0.5, 0.6) is 0 Å². The summed E-state index contributed by atoms with van der Waals surface area (Å²) in [5.41, 5.74) is 2.40. The summed E-state index contributed by atoms with van der Waals surface area (Å²) in [5.74, 6) is -0.985. The average molecular weight is 261 g/mol. The van der Waals surface area contributed by atoms with Gasteiger partial charge in [0.15, 0.2) is 0 Å². The van der Waals surface area contributed by atoms with Gasteiger partial charge in [-0.2, -0.15) is 0 Å². The van der Waals surface area contributed by atoms with E-state index in [0.29, 0.717) is 0 Å². The largest absolute Gasteiger partial charge is 0.478 e. The van der Waals surface area contributed by atoms with Crippen LogP contribution >= 0.6 is 11.6 Å². The minimum atomic E-state index is -0.985. The maximum atomic E-state index is 11.0. The quantitative estimate of drug-likeness (QED) is 0.907. The molecule has 1 N–H and O–H groups in total. The van der Waals surface area contributed by atoms with E-state index >= 15 is 0 Å². The monoisotopic (exact) mass is 260 g/mol. The fraction of sp³-hybridized carbons (Fsp3) is 0.133. The van der Waals surface area contributed by atoms with Crippen molar-refractivity contribution in [2.24, 2.45) is 0 Å². The Morgan fingerprint density at radius 3 is 2.33 bits per heavy atom. The molecule has 0 aromatic heterocycles. The van der Waals surface area contributed by atoms with Crippen LogP contribution in [0.25, 0.3) is 0 Å². The van der Waals surface area contributed by atoms with Crippen LogP contribution in [0.4, 0.5) is 0 Å². The van der Waals surface area contributed by atoms with Crippen molar-refractivity contribution in [2.75, 3.05) is 0 Å². The number of halogens is 1. The maximum Gasteiger partial charge on any atom is 0.337 e. The summed E-state index contributed by atoms with van der Waals surface area (Å²) >= 11 is 5.83. The first kappa shape index (κ1) is 12.7. The zero-order valence-electron chi connectivity index (χ0n) is 9.77. The summed E-state index contributed by atoms with van der Waals surface area (Å²) in [4.78, 5) is 11.0. The number of hydrogen-bond donors (Lipinski definition) is 1. The Bertz CT molecular complexity index is 550. The van der Waals surface area contributed by atoms with Crippen LogP contribution in [0, 0.1) is 0 Å². The second-order valence-electron chi connectivity index (χ2n) is 4.10. The highest BCUT2D eigenvalue weighted by Crippen LogP contribution is 2.18. The second kappa shape index (κ2) is 5.69. The smallest absolute Gasteiger partial charge is 0.337 e. The number of rotatable bonds is 4. The SMILES string of the molecule is O=C(O)c1cc(CCc2ccccc2)ccc1Cl. The fourth-order valence-electron chi connectivity index (χ4n) is 1.83. The zero-order valence-corrected chi connectivity index (χ0v) is 10.5. The van der Waals surface area contributed by atoms with Crippen LogP contribution in [0.15, 0.2) is 48.5 Å². The summed E-state index contributed by atoms with van der Waals surface area (Å²) in [7, 11) is 0. The van der Waals surface area contributed by atoms with Gasteiger partial charge in [0.05, 0.1) is 10.6 Å². The van der Waals surface area contributed by atoms with Gasteiger partial charge in [0.2, 0.25) is 0 Å². The molecular weight excluding hydrogens is 248 g/mol. The molecule has 3 heteroatoms.